The maximum Gasteiger partial charge on any atom is 0.181 e. The van der Waals surface area contributed by atoms with Crippen molar-refractivity contribution in [3.63, 3.8) is 0 Å². The third-order valence-corrected chi connectivity index (χ3v) is 11.7. The van der Waals surface area contributed by atoms with Crippen LogP contribution in [0.25, 0.3) is 10.8 Å². The number of hydrogen-bond acceptors (Lipinski definition) is 8. The largest absolute Gasteiger partial charge is 0.382 e. The fourth-order valence-corrected chi connectivity index (χ4v) is 9.02. The maximum atomic E-state index is 13.9. The van der Waals surface area contributed by atoms with Crippen molar-refractivity contribution in [1.82, 2.24) is 9.80 Å². The van der Waals surface area contributed by atoms with Crippen molar-refractivity contribution in [2.24, 2.45) is 16.3 Å². The van der Waals surface area contributed by atoms with E-state index in [0.29, 0.717) is 11.6 Å². The summed E-state index contributed by atoms with van der Waals surface area (Å²) in [5, 5.41) is 1.41. The summed E-state index contributed by atoms with van der Waals surface area (Å²) in [5.41, 5.74) is -0.995. The SMILES string of the molecule is COCC12CC(S(=O)(=O)c3ccc4cc(Cl)ccc4c3)CC(=O)C1CC1(CCN(CN3C=CN=CC3)CC1)CO2. The van der Waals surface area contributed by atoms with Crippen LogP contribution < -0.4 is 0 Å². The number of sulfone groups is 1. The maximum absolute atomic E-state index is 13.9. The normalized spacial score (nSPS) is 28.8. The average Bonchev–Trinajstić information content (AvgIpc) is 2.95. The van der Waals surface area contributed by atoms with Crippen LogP contribution in [0.3, 0.4) is 0 Å². The highest BCUT2D eigenvalue weighted by Gasteiger charge is 2.58. The molecule has 2 aromatic rings. The van der Waals surface area contributed by atoms with Gasteiger partial charge >= 0.3 is 0 Å². The number of hydrogen-bond donors (Lipinski definition) is 0. The highest BCUT2D eigenvalue weighted by molar-refractivity contribution is 7.92. The molecule has 0 radical (unpaired) electrons. The summed E-state index contributed by atoms with van der Waals surface area (Å²) >= 11 is 6.10. The molecule has 0 N–H and O–H groups in total. The second-order valence-corrected chi connectivity index (χ2v) is 14.6. The van der Waals surface area contributed by atoms with Crippen LogP contribution in [0.2, 0.25) is 5.02 Å². The molecule has 214 valence electrons. The smallest absolute Gasteiger partial charge is 0.181 e. The Hall–Kier alpha value is -2.30. The van der Waals surface area contributed by atoms with E-state index in [2.05, 4.69) is 14.8 Å². The van der Waals surface area contributed by atoms with Crippen LogP contribution in [-0.2, 0) is 24.1 Å². The minimum atomic E-state index is -3.77. The van der Waals surface area contributed by atoms with Gasteiger partial charge < -0.3 is 14.4 Å². The summed E-state index contributed by atoms with van der Waals surface area (Å²) < 4.78 is 39.9. The van der Waals surface area contributed by atoms with Crippen molar-refractivity contribution < 1.29 is 22.7 Å². The van der Waals surface area contributed by atoms with Gasteiger partial charge in [-0.15, -0.1) is 0 Å². The quantitative estimate of drug-likeness (QED) is 0.499. The summed E-state index contributed by atoms with van der Waals surface area (Å²) in [6.07, 6.45) is 8.64. The van der Waals surface area contributed by atoms with Crippen LogP contribution in [0.4, 0.5) is 0 Å². The number of likely N-dealkylation sites (tertiary alicyclic amines) is 1. The lowest BCUT2D eigenvalue weighted by molar-refractivity contribution is -0.211. The summed E-state index contributed by atoms with van der Waals surface area (Å²) in [6, 6.07) is 10.4. The summed E-state index contributed by atoms with van der Waals surface area (Å²) in [7, 11) is -2.18. The van der Waals surface area contributed by atoms with Crippen LogP contribution in [0.5, 0.6) is 0 Å². The zero-order valence-electron chi connectivity index (χ0n) is 22.8. The van der Waals surface area contributed by atoms with Crippen molar-refractivity contribution in [2.75, 3.05) is 46.6 Å². The molecule has 10 heteroatoms. The first-order valence-corrected chi connectivity index (χ1v) is 15.9. The Morgan fingerprint density at radius 2 is 1.90 bits per heavy atom. The number of fused-ring (bicyclic) bond motifs is 2. The number of piperidine rings is 1. The van der Waals surface area contributed by atoms with E-state index in [0.717, 1.165) is 56.3 Å². The monoisotopic (exact) mass is 585 g/mol. The van der Waals surface area contributed by atoms with Crippen LogP contribution in [0.1, 0.15) is 32.1 Å². The Bertz CT molecular complexity index is 1450. The Morgan fingerprint density at radius 3 is 2.65 bits per heavy atom. The van der Waals surface area contributed by atoms with Gasteiger partial charge in [0, 0.05) is 56.2 Å². The molecule has 0 aromatic heterocycles. The molecule has 3 unspecified atom stereocenters. The first kappa shape index (κ1) is 27.8. The van der Waals surface area contributed by atoms with E-state index in [1.165, 1.54) is 0 Å². The lowest BCUT2D eigenvalue weighted by atomic mass is 9.62. The van der Waals surface area contributed by atoms with E-state index < -0.39 is 20.7 Å². The average molecular weight is 586 g/mol. The van der Waals surface area contributed by atoms with Gasteiger partial charge in [0.2, 0.25) is 0 Å². The van der Waals surface area contributed by atoms with Gasteiger partial charge in [0.25, 0.3) is 0 Å². The second-order valence-electron chi connectivity index (χ2n) is 11.9. The van der Waals surface area contributed by atoms with Gasteiger partial charge in [-0.25, -0.2) is 8.42 Å². The fraction of sp³-hybridized carbons (Fsp3) is 0.533. The van der Waals surface area contributed by atoms with Gasteiger partial charge in [-0.05, 0) is 66.1 Å². The summed E-state index contributed by atoms with van der Waals surface area (Å²) in [6.45, 7) is 4.27. The Labute approximate surface area is 240 Å². The van der Waals surface area contributed by atoms with Crippen LogP contribution in [0, 0.1) is 11.3 Å². The van der Waals surface area contributed by atoms with Gasteiger partial charge in [-0.2, -0.15) is 0 Å². The zero-order chi connectivity index (χ0) is 28.0. The molecule has 2 saturated heterocycles. The molecule has 3 atom stereocenters. The fourth-order valence-electron chi connectivity index (χ4n) is 7.02. The minimum Gasteiger partial charge on any atom is -0.382 e. The molecule has 0 bridgehead atoms. The number of ketones is 1. The molecule has 8 nitrogen and oxygen atoms in total. The van der Waals surface area contributed by atoms with Crippen LogP contribution in [-0.4, -0.2) is 87.7 Å². The first-order valence-electron chi connectivity index (χ1n) is 14.0. The molecule has 4 aliphatic rings. The van der Waals surface area contributed by atoms with Crippen molar-refractivity contribution in [3.8, 4) is 0 Å². The van der Waals surface area contributed by atoms with Gasteiger partial charge in [-0.3, -0.25) is 14.7 Å². The number of aliphatic imine (C=N–C) groups is 1. The number of carbonyl (C=O) groups excluding carboxylic acids is 1. The van der Waals surface area contributed by atoms with Gasteiger partial charge in [0.05, 0.1) is 36.6 Å². The van der Waals surface area contributed by atoms with Gasteiger partial charge in [-0.1, -0.05) is 23.7 Å². The van der Waals surface area contributed by atoms with Crippen LogP contribution >= 0.6 is 11.6 Å². The van der Waals surface area contributed by atoms with Crippen molar-refractivity contribution in [3.05, 3.63) is 53.8 Å². The molecular formula is C30H36ClN3O5S. The molecule has 1 aliphatic carbocycles. The van der Waals surface area contributed by atoms with Crippen molar-refractivity contribution in [1.29, 1.82) is 0 Å². The lowest BCUT2D eigenvalue weighted by Crippen LogP contribution is -2.62. The number of carbonyl (C=O) groups is 1. The van der Waals surface area contributed by atoms with Gasteiger partial charge in [0.1, 0.15) is 11.4 Å². The molecule has 3 fully saturated rings. The van der Waals surface area contributed by atoms with E-state index >= 15 is 0 Å². The Kier molecular flexibility index (Phi) is 7.54. The molecular weight excluding hydrogens is 550 g/mol. The number of nitrogens with zero attached hydrogens (tertiary/aromatic N) is 3. The predicted octanol–water partition coefficient (Wildman–Crippen LogP) is 4.32. The van der Waals surface area contributed by atoms with E-state index in [-0.39, 0.29) is 41.5 Å². The molecule has 6 rings (SSSR count). The Balaban J connectivity index is 1.18. The molecule has 1 spiro atoms. The molecule has 1 saturated carbocycles. The zero-order valence-corrected chi connectivity index (χ0v) is 24.4. The number of benzene rings is 2. The summed E-state index contributed by atoms with van der Waals surface area (Å²) in [5.74, 6) is -0.386. The number of rotatable bonds is 6. The number of Topliss-reactive ketones (excluding diaryl/α,β-unsaturated/α-hetero) is 1. The predicted molar refractivity (Wildman–Crippen MR) is 155 cm³/mol. The van der Waals surface area contributed by atoms with E-state index in [4.69, 9.17) is 21.1 Å². The highest BCUT2D eigenvalue weighted by atomic mass is 35.5. The van der Waals surface area contributed by atoms with Crippen molar-refractivity contribution in [2.45, 2.75) is 47.9 Å². The van der Waals surface area contributed by atoms with E-state index in [1.54, 1.807) is 31.4 Å². The molecule has 3 aliphatic heterocycles. The molecule has 2 aromatic carbocycles. The lowest BCUT2D eigenvalue weighted by Gasteiger charge is -2.55. The molecule has 40 heavy (non-hydrogen) atoms. The number of halogens is 1. The highest BCUT2D eigenvalue weighted by Crippen LogP contribution is 2.52. The Morgan fingerprint density at radius 1 is 1.12 bits per heavy atom. The second kappa shape index (κ2) is 10.8. The topological polar surface area (TPSA) is 88.5 Å². The first-order chi connectivity index (χ1) is 19.2. The van der Waals surface area contributed by atoms with Crippen molar-refractivity contribution >= 4 is 44.2 Å². The minimum absolute atomic E-state index is 0.00549. The van der Waals surface area contributed by atoms with E-state index in [1.807, 2.05) is 30.7 Å². The molecule has 0 amide bonds. The standard InChI is InChI=1S/C30H36ClN3O5S/c1-38-20-30-17-26(40(36,37)25-5-3-22-14-24(31)4-2-23(22)15-25)16-28(35)27(30)18-29(19-39-30)6-10-33(11-7-29)21-34-12-8-32-9-13-34/h2-5,8-9,12,14-15,26-27H,6-7,10-11,13,16-21H2,1H3. The molecule has 3 heterocycles. The van der Waals surface area contributed by atoms with Gasteiger partial charge in [0.15, 0.2) is 9.84 Å². The third kappa shape index (κ3) is 5.23. The number of methoxy groups -OCH3 is 1. The third-order valence-electron chi connectivity index (χ3n) is 9.34. The van der Waals surface area contributed by atoms with E-state index in [9.17, 15) is 13.2 Å². The summed E-state index contributed by atoms with van der Waals surface area (Å²) in [4.78, 5) is 22.8. The van der Waals surface area contributed by atoms with Crippen LogP contribution in [0.15, 0.2) is 58.7 Å². The number of ether oxygens (including phenoxy) is 2.